The molecule has 4 rings (SSSR count). The second-order valence-electron chi connectivity index (χ2n) is 9.76. The van der Waals surface area contributed by atoms with Crippen LogP contribution >= 0.6 is 11.6 Å². The maximum absolute atomic E-state index is 13.6. The lowest BCUT2D eigenvalue weighted by molar-refractivity contribution is -0.143. The molecule has 1 fully saturated rings. The van der Waals surface area contributed by atoms with Gasteiger partial charge >= 0.3 is 12.4 Å². The van der Waals surface area contributed by atoms with Crippen LogP contribution in [0.2, 0.25) is 5.02 Å². The molecule has 41 heavy (non-hydrogen) atoms. The van der Waals surface area contributed by atoms with Crippen molar-refractivity contribution in [2.75, 3.05) is 45.2 Å². The maximum Gasteiger partial charge on any atom is 0.416 e. The number of carbonyl (C=O) groups excluding carboxylic acids is 2. The fourth-order valence-corrected chi connectivity index (χ4v) is 4.69. The minimum Gasteiger partial charge on any atom is -0.354 e. The number of aromatic nitrogens is 1. The highest BCUT2D eigenvalue weighted by Gasteiger charge is 2.37. The van der Waals surface area contributed by atoms with Gasteiger partial charge in [0, 0.05) is 57.1 Å². The summed E-state index contributed by atoms with van der Waals surface area (Å²) in [5.41, 5.74) is -3.46. The van der Waals surface area contributed by atoms with E-state index in [9.17, 15) is 35.9 Å². The van der Waals surface area contributed by atoms with E-state index in [-0.39, 0.29) is 33.3 Å². The van der Waals surface area contributed by atoms with Crippen molar-refractivity contribution in [3.8, 4) is 0 Å². The van der Waals surface area contributed by atoms with Crippen molar-refractivity contribution in [2.45, 2.75) is 18.9 Å². The van der Waals surface area contributed by atoms with E-state index >= 15 is 0 Å². The normalized spacial score (nSPS) is 14.7. The molecular formula is C28H25ClF6N4O2. The molecule has 1 aliphatic rings. The van der Waals surface area contributed by atoms with Gasteiger partial charge in [-0.25, -0.2) is 4.98 Å². The Bertz CT molecular complexity index is 1420. The summed E-state index contributed by atoms with van der Waals surface area (Å²) in [6.07, 6.45) is -8.86. The summed E-state index contributed by atoms with van der Waals surface area (Å²) in [6, 6.07) is 8.83. The summed E-state index contributed by atoms with van der Waals surface area (Å²) in [4.78, 5) is 36.5. The molecule has 0 atom stereocenters. The molecule has 1 aromatic heterocycles. The lowest BCUT2D eigenvalue weighted by Gasteiger charge is -2.33. The second kappa shape index (κ2) is 11.7. The molecule has 6 nitrogen and oxygen atoms in total. The van der Waals surface area contributed by atoms with Gasteiger partial charge in [0.15, 0.2) is 5.78 Å². The van der Waals surface area contributed by atoms with Crippen molar-refractivity contribution >= 4 is 29.1 Å². The first kappa shape index (κ1) is 30.3. The Morgan fingerprint density at radius 1 is 0.878 bits per heavy atom. The fourth-order valence-electron chi connectivity index (χ4n) is 4.46. The molecule has 1 aliphatic heterocycles. The minimum absolute atomic E-state index is 0.0205. The van der Waals surface area contributed by atoms with E-state index in [0.717, 1.165) is 18.0 Å². The van der Waals surface area contributed by atoms with Gasteiger partial charge in [0.1, 0.15) is 5.82 Å². The number of piperazine rings is 1. The molecule has 13 heteroatoms. The summed E-state index contributed by atoms with van der Waals surface area (Å²) in [5, 5.41) is 0.144. The predicted octanol–water partition coefficient (Wildman–Crippen LogP) is 6.03. The van der Waals surface area contributed by atoms with E-state index in [0.29, 0.717) is 31.0 Å². The van der Waals surface area contributed by atoms with E-state index in [2.05, 4.69) is 9.88 Å². The number of carbonyl (C=O) groups is 2. The van der Waals surface area contributed by atoms with E-state index in [1.165, 1.54) is 31.4 Å². The molecule has 0 N–H and O–H groups in total. The van der Waals surface area contributed by atoms with Crippen molar-refractivity contribution in [1.82, 2.24) is 14.8 Å². The Kier molecular flexibility index (Phi) is 8.65. The number of halogens is 7. The molecule has 3 aromatic rings. The van der Waals surface area contributed by atoms with Gasteiger partial charge in [0.25, 0.3) is 5.91 Å². The average Bonchev–Trinajstić information content (AvgIpc) is 2.91. The first-order valence-corrected chi connectivity index (χ1v) is 12.8. The number of rotatable bonds is 6. The molecule has 0 unspecified atom stereocenters. The predicted molar refractivity (Wildman–Crippen MR) is 141 cm³/mol. The number of amides is 1. The molecule has 2 aromatic carbocycles. The van der Waals surface area contributed by atoms with Crippen LogP contribution in [0.5, 0.6) is 0 Å². The molecular weight excluding hydrogens is 574 g/mol. The zero-order valence-corrected chi connectivity index (χ0v) is 22.7. The van der Waals surface area contributed by atoms with Gasteiger partial charge in [-0.3, -0.25) is 9.59 Å². The second-order valence-corrected chi connectivity index (χ2v) is 10.2. The van der Waals surface area contributed by atoms with Crippen molar-refractivity contribution in [3.05, 3.63) is 93.1 Å². The van der Waals surface area contributed by atoms with E-state index < -0.39 is 41.7 Å². The van der Waals surface area contributed by atoms with Crippen molar-refractivity contribution in [1.29, 1.82) is 0 Å². The topological polar surface area (TPSA) is 56.8 Å². The zero-order valence-electron chi connectivity index (χ0n) is 22.0. The van der Waals surface area contributed by atoms with E-state index in [4.69, 9.17) is 11.6 Å². The smallest absolute Gasteiger partial charge is 0.354 e. The Balaban J connectivity index is 1.71. The summed E-state index contributed by atoms with van der Waals surface area (Å²) < 4.78 is 80.0. The highest BCUT2D eigenvalue weighted by Crippen LogP contribution is 2.36. The summed E-state index contributed by atoms with van der Waals surface area (Å²) in [5.74, 6) is -0.951. The molecule has 0 bridgehead atoms. The van der Waals surface area contributed by atoms with Crippen LogP contribution in [0.25, 0.3) is 0 Å². The van der Waals surface area contributed by atoms with Crippen LogP contribution in [0.1, 0.15) is 43.0 Å². The van der Waals surface area contributed by atoms with Crippen LogP contribution in [0.15, 0.2) is 54.7 Å². The largest absolute Gasteiger partial charge is 0.416 e. The molecule has 0 aliphatic carbocycles. The van der Waals surface area contributed by atoms with Gasteiger partial charge in [-0.2, -0.15) is 26.3 Å². The maximum atomic E-state index is 13.6. The minimum atomic E-state index is -5.03. The van der Waals surface area contributed by atoms with Crippen molar-refractivity contribution in [3.63, 3.8) is 0 Å². The molecule has 218 valence electrons. The van der Waals surface area contributed by atoms with Crippen molar-refractivity contribution < 1.29 is 35.9 Å². The fraction of sp³-hybridized carbons (Fsp3) is 0.321. The third kappa shape index (κ3) is 6.99. The summed E-state index contributed by atoms with van der Waals surface area (Å²) >= 11 is 6.25. The van der Waals surface area contributed by atoms with Crippen LogP contribution in [-0.2, 0) is 18.9 Å². The molecule has 1 saturated heterocycles. The van der Waals surface area contributed by atoms with Gasteiger partial charge in [0.2, 0.25) is 0 Å². The lowest BCUT2D eigenvalue weighted by Crippen LogP contribution is -2.45. The van der Waals surface area contributed by atoms with Crippen LogP contribution in [0, 0.1) is 0 Å². The number of pyridine rings is 1. The standard InChI is InChI=1S/C28H25ClF6N4O2/c1-37-7-9-39(10-8-37)24-14-21(25(40)20-5-3-4-6-23(20)29)22(15-36-24)26(41)38(2)16-17-11-18(27(30,31)32)13-19(12-17)28(33,34)35/h3-6,11-15H,7-10,16H2,1-2H3. The van der Waals surface area contributed by atoms with Crippen LogP contribution in [-0.4, -0.2) is 66.7 Å². The SMILES string of the molecule is CN1CCN(c2cc(C(=O)c3ccccc3Cl)c(C(=O)N(C)Cc3cc(C(F)(F)F)cc(C(F)(F)F)c3)cn2)CC1. The highest BCUT2D eigenvalue weighted by molar-refractivity contribution is 6.35. The van der Waals surface area contributed by atoms with Gasteiger partial charge in [-0.05, 0) is 49.0 Å². The van der Waals surface area contributed by atoms with Crippen molar-refractivity contribution in [2.24, 2.45) is 0 Å². The summed E-state index contributed by atoms with van der Waals surface area (Å²) in [6.45, 7) is 2.14. The lowest BCUT2D eigenvalue weighted by atomic mass is 9.98. The number of likely N-dealkylation sites (N-methyl/N-ethyl adjacent to an activating group) is 1. The third-order valence-electron chi connectivity index (χ3n) is 6.72. The van der Waals surface area contributed by atoms with E-state index in [1.807, 2.05) is 11.9 Å². The number of benzene rings is 2. The molecule has 0 saturated carbocycles. The number of nitrogens with zero attached hydrogens (tertiary/aromatic N) is 4. The van der Waals surface area contributed by atoms with Gasteiger partial charge in [-0.15, -0.1) is 0 Å². The number of ketones is 1. The highest BCUT2D eigenvalue weighted by atomic mass is 35.5. The number of anilines is 1. The summed E-state index contributed by atoms with van der Waals surface area (Å²) in [7, 11) is 3.19. The first-order valence-electron chi connectivity index (χ1n) is 12.4. The molecule has 1 amide bonds. The Labute approximate surface area is 237 Å². The van der Waals surface area contributed by atoms with Crippen LogP contribution in [0.3, 0.4) is 0 Å². The number of alkyl halides is 6. The molecule has 2 heterocycles. The quantitative estimate of drug-likeness (QED) is 0.256. The number of hydrogen-bond donors (Lipinski definition) is 0. The Morgan fingerprint density at radius 2 is 1.46 bits per heavy atom. The average molecular weight is 599 g/mol. The Morgan fingerprint density at radius 3 is 2.02 bits per heavy atom. The van der Waals surface area contributed by atoms with Gasteiger partial charge in [0.05, 0.1) is 21.7 Å². The monoisotopic (exact) mass is 598 g/mol. The van der Waals surface area contributed by atoms with Gasteiger partial charge < -0.3 is 14.7 Å². The van der Waals surface area contributed by atoms with E-state index in [1.54, 1.807) is 12.1 Å². The third-order valence-corrected chi connectivity index (χ3v) is 7.05. The Hall–Kier alpha value is -3.64. The van der Waals surface area contributed by atoms with Crippen LogP contribution < -0.4 is 4.90 Å². The zero-order chi connectivity index (χ0) is 30.1. The molecule has 0 radical (unpaired) electrons. The first-order chi connectivity index (χ1) is 19.1. The van der Waals surface area contributed by atoms with Gasteiger partial charge in [-0.1, -0.05) is 23.7 Å². The van der Waals surface area contributed by atoms with Crippen LogP contribution in [0.4, 0.5) is 32.2 Å². The number of hydrogen-bond acceptors (Lipinski definition) is 5. The molecule has 0 spiro atoms.